The molecule has 1 aliphatic rings. The Hall–Kier alpha value is -0.820. The van der Waals surface area contributed by atoms with Crippen LogP contribution in [0.1, 0.15) is 12.8 Å². The molecule has 1 aromatic rings. The third-order valence-corrected chi connectivity index (χ3v) is 5.06. The van der Waals surface area contributed by atoms with E-state index in [4.69, 9.17) is 0 Å². The molecule has 0 spiro atoms. The smallest absolute Gasteiger partial charge is 0.236 e. The number of sulfonamides is 1. The first-order valence-electron chi connectivity index (χ1n) is 5.39. The van der Waals surface area contributed by atoms with Crippen molar-refractivity contribution < 1.29 is 8.42 Å². The maximum absolute atomic E-state index is 12.2. The average molecular weight is 320 g/mol. The van der Waals surface area contributed by atoms with Crippen molar-refractivity contribution in [2.75, 3.05) is 16.6 Å². The first kappa shape index (κ1) is 12.6. The highest BCUT2D eigenvalue weighted by Crippen LogP contribution is 2.32. The molecule has 5 nitrogen and oxygen atoms in total. The van der Waals surface area contributed by atoms with Crippen molar-refractivity contribution in [3.8, 4) is 0 Å². The maximum atomic E-state index is 12.2. The molecule has 0 radical (unpaired) electrons. The molecule has 1 aromatic heterocycles. The van der Waals surface area contributed by atoms with Gasteiger partial charge in [0, 0.05) is 0 Å². The minimum atomic E-state index is -3.24. The van der Waals surface area contributed by atoms with Gasteiger partial charge in [-0.2, -0.15) is 5.10 Å². The fourth-order valence-corrected chi connectivity index (χ4v) is 4.05. The lowest BCUT2D eigenvalue weighted by atomic mass is 10.3. The fourth-order valence-electron chi connectivity index (χ4n) is 1.85. The van der Waals surface area contributed by atoms with Crippen LogP contribution < -0.4 is 4.31 Å². The largest absolute Gasteiger partial charge is 0.251 e. The summed E-state index contributed by atoms with van der Waals surface area (Å²) in [5.74, 6) is 0.792. The number of unbranched alkanes of at least 4 members (excludes halogenated alkanes) is 1. The van der Waals surface area contributed by atoms with Crippen LogP contribution in [-0.4, -0.2) is 30.5 Å². The molecule has 2 rings (SSSR count). The van der Waals surface area contributed by atoms with Crippen LogP contribution in [0.2, 0.25) is 0 Å². The zero-order chi connectivity index (χ0) is 12.5. The molecule has 0 aromatic carbocycles. The van der Waals surface area contributed by atoms with E-state index >= 15 is 0 Å². The molecule has 0 atom stereocenters. The highest BCUT2D eigenvalue weighted by atomic mass is 79.9. The zero-order valence-corrected chi connectivity index (χ0v) is 11.7. The van der Waals surface area contributed by atoms with Crippen molar-refractivity contribution in [3.05, 3.63) is 23.3 Å². The van der Waals surface area contributed by atoms with Crippen LogP contribution in [0.4, 0.5) is 5.82 Å². The summed E-state index contributed by atoms with van der Waals surface area (Å²) < 4.78 is 28.2. The lowest BCUT2D eigenvalue weighted by molar-refractivity contribution is 0.589. The minimum absolute atomic E-state index is 0.149. The lowest BCUT2D eigenvalue weighted by Gasteiger charge is -2.17. The summed E-state index contributed by atoms with van der Waals surface area (Å²) in [5.41, 5.74) is 0. The quantitative estimate of drug-likeness (QED) is 0.614. The van der Waals surface area contributed by atoms with Gasteiger partial charge in [0.1, 0.15) is 0 Å². The molecule has 2 heterocycles. The predicted molar refractivity (Wildman–Crippen MR) is 70.5 cm³/mol. The van der Waals surface area contributed by atoms with Crippen LogP contribution in [0.15, 0.2) is 23.3 Å². The molecule has 0 bridgehead atoms. The Morgan fingerprint density at radius 1 is 1.53 bits per heavy atom. The van der Waals surface area contributed by atoms with Gasteiger partial charge in [-0.05, 0) is 28.8 Å². The molecule has 17 heavy (non-hydrogen) atoms. The normalized spacial score (nSPS) is 15.0. The molecule has 94 valence electrons. The van der Waals surface area contributed by atoms with Gasteiger partial charge in [0.15, 0.2) is 5.82 Å². The minimum Gasteiger partial charge on any atom is -0.251 e. The van der Waals surface area contributed by atoms with Crippen molar-refractivity contribution in [3.63, 3.8) is 0 Å². The Balaban J connectivity index is 2.19. The highest BCUT2D eigenvalue weighted by Gasteiger charge is 2.31. The van der Waals surface area contributed by atoms with Crippen molar-refractivity contribution >= 4 is 31.8 Å². The van der Waals surface area contributed by atoms with Gasteiger partial charge in [-0.1, -0.05) is 6.08 Å². The molecule has 0 unspecified atom stereocenters. The molecule has 0 N–H and O–H groups in total. The molecule has 0 amide bonds. The van der Waals surface area contributed by atoms with Crippen LogP contribution in [-0.2, 0) is 16.6 Å². The Labute approximate surface area is 109 Å². The predicted octanol–water partition coefficient (Wildman–Crippen LogP) is 1.76. The van der Waals surface area contributed by atoms with E-state index in [1.54, 1.807) is 17.0 Å². The summed E-state index contributed by atoms with van der Waals surface area (Å²) in [6.45, 7) is 4.67. The number of halogens is 1. The van der Waals surface area contributed by atoms with E-state index in [1.165, 1.54) is 4.31 Å². The maximum Gasteiger partial charge on any atom is 0.236 e. The number of anilines is 1. The van der Waals surface area contributed by atoms with E-state index in [1.807, 2.05) is 0 Å². The molecule has 0 aliphatic carbocycles. The summed E-state index contributed by atoms with van der Waals surface area (Å²) in [7, 11) is -3.24. The van der Waals surface area contributed by atoms with E-state index in [0.29, 0.717) is 31.7 Å². The van der Waals surface area contributed by atoms with Crippen molar-refractivity contribution in [2.24, 2.45) is 0 Å². The summed E-state index contributed by atoms with van der Waals surface area (Å²) in [5, 5.41) is 4.10. The van der Waals surface area contributed by atoms with Crippen LogP contribution in [0.3, 0.4) is 0 Å². The number of aromatic nitrogens is 2. The second-order valence-electron chi connectivity index (χ2n) is 3.86. The van der Waals surface area contributed by atoms with Crippen molar-refractivity contribution in [2.45, 2.75) is 19.4 Å². The number of rotatable bonds is 5. The number of allylic oxidation sites excluding steroid dienone is 1. The van der Waals surface area contributed by atoms with Gasteiger partial charge >= 0.3 is 0 Å². The third kappa shape index (κ3) is 2.40. The Morgan fingerprint density at radius 2 is 2.29 bits per heavy atom. The second kappa shape index (κ2) is 4.81. The van der Waals surface area contributed by atoms with Gasteiger partial charge in [0.2, 0.25) is 10.0 Å². The molecular formula is C10H14BrN3O2S. The van der Waals surface area contributed by atoms with Gasteiger partial charge in [-0.15, -0.1) is 6.58 Å². The van der Waals surface area contributed by atoms with Gasteiger partial charge in [0.25, 0.3) is 0 Å². The van der Waals surface area contributed by atoms with Crippen LogP contribution >= 0.6 is 15.9 Å². The van der Waals surface area contributed by atoms with Gasteiger partial charge < -0.3 is 0 Å². The van der Waals surface area contributed by atoms with Gasteiger partial charge in [-0.25, -0.2) is 13.1 Å². The molecule has 1 aliphatic heterocycles. The Kier molecular flexibility index (Phi) is 3.58. The summed E-state index contributed by atoms with van der Waals surface area (Å²) in [4.78, 5) is 0. The van der Waals surface area contributed by atoms with Gasteiger partial charge in [0.05, 0.1) is 29.5 Å². The van der Waals surface area contributed by atoms with E-state index in [0.717, 1.165) is 4.47 Å². The van der Waals surface area contributed by atoms with Crippen molar-refractivity contribution in [1.82, 2.24) is 9.78 Å². The Morgan fingerprint density at radius 3 is 3.00 bits per heavy atom. The monoisotopic (exact) mass is 319 g/mol. The molecule has 7 heteroatoms. The van der Waals surface area contributed by atoms with Crippen LogP contribution in [0, 0.1) is 0 Å². The molecular weight excluding hydrogens is 306 g/mol. The first-order valence-corrected chi connectivity index (χ1v) is 7.79. The lowest BCUT2D eigenvalue weighted by Crippen LogP contribution is -2.31. The summed E-state index contributed by atoms with van der Waals surface area (Å²) in [6.07, 6.45) is 4.68. The summed E-state index contributed by atoms with van der Waals surface area (Å²) in [6, 6.07) is 0. The second-order valence-corrected chi connectivity index (χ2v) is 6.73. The van der Waals surface area contributed by atoms with E-state index in [9.17, 15) is 8.42 Å². The van der Waals surface area contributed by atoms with E-state index < -0.39 is 10.0 Å². The average Bonchev–Trinajstić information content (AvgIpc) is 2.82. The number of hydrogen-bond acceptors (Lipinski definition) is 3. The Bertz CT molecular complexity index is 524. The number of fused-ring (bicyclic) bond motifs is 1. The van der Waals surface area contributed by atoms with E-state index in [2.05, 4.69) is 27.6 Å². The zero-order valence-electron chi connectivity index (χ0n) is 9.34. The fraction of sp³-hybridized carbons (Fsp3) is 0.500. The molecule has 0 fully saturated rings. The van der Waals surface area contributed by atoms with Gasteiger partial charge in [-0.3, -0.25) is 4.31 Å². The molecule has 0 saturated heterocycles. The highest BCUT2D eigenvalue weighted by molar-refractivity contribution is 9.10. The third-order valence-electron chi connectivity index (χ3n) is 2.67. The molecule has 0 saturated carbocycles. The number of nitrogens with zero attached hydrogens (tertiary/aromatic N) is 3. The SMILES string of the molecule is C=CCCCS(=O)(=O)N1CCn2ncc(Br)c21. The standard InChI is InChI=1S/C10H14BrN3O2S/c1-2-3-4-7-17(15,16)14-6-5-13-10(14)9(11)8-12-13/h2,8H,1,3-7H2. The van der Waals surface area contributed by atoms with Crippen LogP contribution in [0.25, 0.3) is 0 Å². The first-order chi connectivity index (χ1) is 8.06. The topological polar surface area (TPSA) is 55.2 Å². The van der Waals surface area contributed by atoms with Crippen LogP contribution in [0.5, 0.6) is 0 Å². The summed E-state index contributed by atoms with van der Waals surface area (Å²) >= 11 is 3.33. The number of hydrogen-bond donors (Lipinski definition) is 0. The van der Waals surface area contributed by atoms with E-state index in [-0.39, 0.29) is 5.75 Å². The van der Waals surface area contributed by atoms with Crippen molar-refractivity contribution in [1.29, 1.82) is 0 Å².